The quantitative estimate of drug-likeness (QED) is 0.917. The molecule has 1 aliphatic rings. The summed E-state index contributed by atoms with van der Waals surface area (Å²) in [6, 6.07) is 4.04. The van der Waals surface area contributed by atoms with Crippen LogP contribution >= 0.6 is 24.8 Å². The number of hydrogen-bond acceptors (Lipinski definition) is 4. The summed E-state index contributed by atoms with van der Waals surface area (Å²) in [6.07, 6.45) is 1.91. The minimum atomic E-state index is 0. The monoisotopic (exact) mass is 293 g/mol. The van der Waals surface area contributed by atoms with Crippen molar-refractivity contribution < 1.29 is 4.74 Å². The predicted molar refractivity (Wildman–Crippen MR) is 78.0 cm³/mol. The third kappa shape index (κ3) is 5.40. The van der Waals surface area contributed by atoms with Crippen LogP contribution in [0, 0.1) is 0 Å². The second-order valence-electron chi connectivity index (χ2n) is 3.96. The third-order valence-electron chi connectivity index (χ3n) is 2.71. The van der Waals surface area contributed by atoms with E-state index in [0.29, 0.717) is 12.5 Å². The molecule has 0 unspecified atom stereocenters. The molecule has 0 atom stereocenters. The van der Waals surface area contributed by atoms with Crippen molar-refractivity contribution in [1.82, 2.24) is 15.2 Å². The highest BCUT2D eigenvalue weighted by Crippen LogP contribution is 2.09. The highest BCUT2D eigenvalue weighted by Gasteiger charge is 2.09. The number of nitrogens with zero attached hydrogens (tertiary/aromatic N) is 2. The van der Waals surface area contributed by atoms with Gasteiger partial charge in [0, 0.05) is 45.0 Å². The van der Waals surface area contributed by atoms with Crippen LogP contribution in [-0.2, 0) is 6.54 Å². The molecule has 1 saturated heterocycles. The summed E-state index contributed by atoms with van der Waals surface area (Å²) < 4.78 is 5.32. The van der Waals surface area contributed by atoms with Crippen LogP contribution in [0.1, 0.15) is 12.5 Å². The number of pyridine rings is 1. The zero-order chi connectivity index (χ0) is 11.2. The molecule has 0 bridgehead atoms. The van der Waals surface area contributed by atoms with Gasteiger partial charge in [0.1, 0.15) is 0 Å². The Morgan fingerprint density at radius 2 is 2.00 bits per heavy atom. The Labute approximate surface area is 121 Å². The second-order valence-corrected chi connectivity index (χ2v) is 3.96. The van der Waals surface area contributed by atoms with E-state index < -0.39 is 0 Å². The first kappa shape index (κ1) is 17.4. The molecule has 0 amide bonds. The van der Waals surface area contributed by atoms with Gasteiger partial charge in [0.25, 0.3) is 0 Å². The highest BCUT2D eigenvalue weighted by atomic mass is 35.5. The molecule has 18 heavy (non-hydrogen) atoms. The molecule has 0 aromatic carbocycles. The molecular weight excluding hydrogens is 273 g/mol. The fourth-order valence-corrected chi connectivity index (χ4v) is 1.87. The van der Waals surface area contributed by atoms with Crippen molar-refractivity contribution >= 4 is 24.8 Å². The van der Waals surface area contributed by atoms with E-state index in [0.717, 1.165) is 32.7 Å². The Bertz CT molecular complexity index is 316. The van der Waals surface area contributed by atoms with E-state index in [1.54, 1.807) is 0 Å². The maximum absolute atomic E-state index is 5.32. The summed E-state index contributed by atoms with van der Waals surface area (Å²) in [4.78, 5) is 6.71. The number of ether oxygens (including phenoxy) is 1. The number of rotatable bonds is 4. The summed E-state index contributed by atoms with van der Waals surface area (Å²) in [7, 11) is 0. The van der Waals surface area contributed by atoms with E-state index in [1.165, 1.54) is 5.56 Å². The molecule has 6 heteroatoms. The summed E-state index contributed by atoms with van der Waals surface area (Å²) in [6.45, 7) is 8.04. The van der Waals surface area contributed by atoms with Crippen molar-refractivity contribution in [3.05, 3.63) is 23.9 Å². The number of aromatic nitrogens is 1. The molecule has 104 valence electrons. The van der Waals surface area contributed by atoms with Gasteiger partial charge in [-0.3, -0.25) is 4.90 Å². The lowest BCUT2D eigenvalue weighted by atomic mass is 10.2. The summed E-state index contributed by atoms with van der Waals surface area (Å²) in [5.74, 6) is 0.714. The number of hydrogen-bond donors (Lipinski definition) is 1. The highest BCUT2D eigenvalue weighted by molar-refractivity contribution is 5.85. The number of halogens is 2. The van der Waals surface area contributed by atoms with Crippen LogP contribution < -0.4 is 10.1 Å². The zero-order valence-corrected chi connectivity index (χ0v) is 12.2. The van der Waals surface area contributed by atoms with Gasteiger partial charge in [-0.25, -0.2) is 4.98 Å². The molecule has 0 spiro atoms. The van der Waals surface area contributed by atoms with Gasteiger partial charge in [-0.1, -0.05) is 6.07 Å². The van der Waals surface area contributed by atoms with E-state index in [9.17, 15) is 0 Å². The van der Waals surface area contributed by atoms with Crippen LogP contribution in [0.4, 0.5) is 0 Å². The van der Waals surface area contributed by atoms with Crippen molar-refractivity contribution in [2.45, 2.75) is 13.5 Å². The average molecular weight is 294 g/mol. The molecule has 0 saturated carbocycles. The van der Waals surface area contributed by atoms with E-state index in [4.69, 9.17) is 4.74 Å². The summed E-state index contributed by atoms with van der Waals surface area (Å²) in [5, 5.41) is 3.35. The molecular formula is C12H21Cl2N3O. The molecule has 0 aliphatic carbocycles. The van der Waals surface area contributed by atoms with E-state index in [-0.39, 0.29) is 24.8 Å². The van der Waals surface area contributed by atoms with Crippen LogP contribution in [0.25, 0.3) is 0 Å². The lowest BCUT2D eigenvalue weighted by molar-refractivity contribution is 0.232. The van der Waals surface area contributed by atoms with Gasteiger partial charge in [-0.15, -0.1) is 24.8 Å². The molecule has 2 rings (SSSR count). The van der Waals surface area contributed by atoms with Gasteiger partial charge in [0.2, 0.25) is 5.88 Å². The largest absolute Gasteiger partial charge is 0.478 e. The first-order valence-electron chi connectivity index (χ1n) is 5.89. The molecule has 2 heterocycles. The third-order valence-corrected chi connectivity index (χ3v) is 2.71. The van der Waals surface area contributed by atoms with Crippen LogP contribution in [0.3, 0.4) is 0 Å². The number of nitrogens with one attached hydrogen (secondary N) is 1. The van der Waals surface area contributed by atoms with Crippen LogP contribution in [0.5, 0.6) is 5.88 Å². The Morgan fingerprint density at radius 3 is 2.56 bits per heavy atom. The van der Waals surface area contributed by atoms with Crippen LogP contribution in [0.15, 0.2) is 18.3 Å². The van der Waals surface area contributed by atoms with Gasteiger partial charge >= 0.3 is 0 Å². The van der Waals surface area contributed by atoms with Crippen molar-refractivity contribution in [3.63, 3.8) is 0 Å². The molecule has 1 aromatic heterocycles. The Hall–Kier alpha value is -0.550. The van der Waals surface area contributed by atoms with E-state index in [2.05, 4.69) is 21.3 Å². The van der Waals surface area contributed by atoms with E-state index >= 15 is 0 Å². The lowest BCUT2D eigenvalue weighted by Gasteiger charge is -2.27. The Balaban J connectivity index is 0.00000144. The standard InChI is InChI=1S/C12H19N3O.2ClH/c1-2-16-12-4-3-11(9-14-12)10-15-7-5-13-6-8-15;;/h3-4,9,13H,2,5-8,10H2,1H3;2*1H. The molecule has 4 nitrogen and oxygen atoms in total. The molecule has 1 aliphatic heterocycles. The van der Waals surface area contributed by atoms with Crippen molar-refractivity contribution in [1.29, 1.82) is 0 Å². The molecule has 1 aromatic rings. The fraction of sp³-hybridized carbons (Fsp3) is 0.583. The van der Waals surface area contributed by atoms with Crippen LogP contribution in [0.2, 0.25) is 0 Å². The second kappa shape index (κ2) is 9.39. The van der Waals surface area contributed by atoms with E-state index in [1.807, 2.05) is 19.2 Å². The lowest BCUT2D eigenvalue weighted by Crippen LogP contribution is -2.42. The maximum Gasteiger partial charge on any atom is 0.213 e. The van der Waals surface area contributed by atoms with Gasteiger partial charge in [-0.05, 0) is 12.5 Å². The molecule has 0 radical (unpaired) electrons. The average Bonchev–Trinajstić information content (AvgIpc) is 2.33. The van der Waals surface area contributed by atoms with Crippen LogP contribution in [-0.4, -0.2) is 42.7 Å². The minimum absolute atomic E-state index is 0. The summed E-state index contributed by atoms with van der Waals surface area (Å²) >= 11 is 0. The first-order chi connectivity index (χ1) is 7.88. The van der Waals surface area contributed by atoms with Gasteiger partial charge in [0.15, 0.2) is 0 Å². The first-order valence-corrected chi connectivity index (χ1v) is 5.89. The smallest absolute Gasteiger partial charge is 0.213 e. The van der Waals surface area contributed by atoms with Crippen molar-refractivity contribution in [2.75, 3.05) is 32.8 Å². The van der Waals surface area contributed by atoms with Crippen molar-refractivity contribution in [3.8, 4) is 5.88 Å². The fourth-order valence-electron chi connectivity index (χ4n) is 1.87. The molecule has 1 fully saturated rings. The molecule has 1 N–H and O–H groups in total. The topological polar surface area (TPSA) is 37.4 Å². The van der Waals surface area contributed by atoms with Gasteiger partial charge in [0.05, 0.1) is 6.61 Å². The predicted octanol–water partition coefficient (Wildman–Crippen LogP) is 1.73. The van der Waals surface area contributed by atoms with Crippen molar-refractivity contribution in [2.24, 2.45) is 0 Å². The maximum atomic E-state index is 5.32. The normalized spacial score (nSPS) is 15.4. The SMILES string of the molecule is CCOc1ccc(CN2CCNCC2)cn1.Cl.Cl. The summed E-state index contributed by atoms with van der Waals surface area (Å²) in [5.41, 5.74) is 1.25. The zero-order valence-electron chi connectivity index (χ0n) is 10.6. The number of piperazine rings is 1. The Kier molecular flexibility index (Phi) is 9.10. The minimum Gasteiger partial charge on any atom is -0.478 e. The Morgan fingerprint density at radius 1 is 1.28 bits per heavy atom. The van der Waals surface area contributed by atoms with Gasteiger partial charge in [-0.2, -0.15) is 0 Å². The van der Waals surface area contributed by atoms with Gasteiger partial charge < -0.3 is 10.1 Å².